The molecule has 0 saturated carbocycles. The summed E-state index contributed by atoms with van der Waals surface area (Å²) in [5.74, 6) is 0.0832. The quantitative estimate of drug-likeness (QED) is 0.133. The summed E-state index contributed by atoms with van der Waals surface area (Å²) in [4.78, 5) is 24.2. The van der Waals surface area contributed by atoms with E-state index in [9.17, 15) is 9.59 Å². The van der Waals surface area contributed by atoms with Crippen molar-refractivity contribution in [1.82, 2.24) is 5.43 Å². The number of anilines is 1. The highest BCUT2D eigenvalue weighted by Crippen LogP contribution is 2.35. The van der Waals surface area contributed by atoms with Gasteiger partial charge < -0.3 is 14.8 Å². The van der Waals surface area contributed by atoms with E-state index in [0.29, 0.717) is 32.8 Å². The minimum Gasteiger partial charge on any atom is -0.493 e. The summed E-state index contributed by atoms with van der Waals surface area (Å²) in [5.41, 5.74) is 5.39. The predicted molar refractivity (Wildman–Crippen MR) is 147 cm³/mol. The highest BCUT2D eigenvalue weighted by molar-refractivity contribution is 14.1. The van der Waals surface area contributed by atoms with Crippen molar-refractivity contribution >= 4 is 69.5 Å². The molecule has 3 aromatic carbocycles. The minimum absolute atomic E-state index is 0.233. The van der Waals surface area contributed by atoms with Gasteiger partial charge in [0.05, 0.1) is 16.9 Å². The molecule has 2 amide bonds. The molecule has 7 nitrogen and oxygen atoms in total. The summed E-state index contributed by atoms with van der Waals surface area (Å²) in [7, 11) is 1.53. The summed E-state index contributed by atoms with van der Waals surface area (Å²) in [5, 5.41) is 7.72. The van der Waals surface area contributed by atoms with Crippen LogP contribution < -0.4 is 20.2 Å². The zero-order chi connectivity index (χ0) is 25.4. The van der Waals surface area contributed by atoms with E-state index in [-0.39, 0.29) is 13.0 Å². The van der Waals surface area contributed by atoms with E-state index in [1.165, 1.54) is 13.3 Å². The molecular weight excluding hydrogens is 604 g/mol. The number of methoxy groups -OCH3 is 1. The first-order chi connectivity index (χ1) is 16.8. The summed E-state index contributed by atoms with van der Waals surface area (Å²) < 4.78 is 12.2. The number of nitrogens with zero attached hydrogens (tertiary/aromatic N) is 1. The number of ether oxygens (including phenoxy) is 2. The third-order valence-electron chi connectivity index (χ3n) is 4.78. The number of rotatable bonds is 9. The molecule has 0 aliphatic carbocycles. The lowest BCUT2D eigenvalue weighted by Gasteiger charge is -2.14. The van der Waals surface area contributed by atoms with Crippen LogP contribution in [0.2, 0.25) is 10.0 Å². The van der Waals surface area contributed by atoms with Crippen molar-refractivity contribution in [3.05, 3.63) is 84.9 Å². The van der Waals surface area contributed by atoms with Crippen molar-refractivity contribution in [2.24, 2.45) is 5.10 Å². The number of hydrazone groups is 1. The second-order valence-corrected chi connectivity index (χ2v) is 9.40. The maximum absolute atomic E-state index is 12.1. The van der Waals surface area contributed by atoms with E-state index in [1.54, 1.807) is 30.3 Å². The summed E-state index contributed by atoms with van der Waals surface area (Å²) >= 11 is 14.3. The van der Waals surface area contributed by atoms with Gasteiger partial charge in [0.2, 0.25) is 11.8 Å². The molecule has 10 heteroatoms. The van der Waals surface area contributed by atoms with Crippen LogP contribution >= 0.6 is 45.8 Å². The SMILES string of the molecule is COc1cc(C=NNC(=O)CC(=O)Nc2ccccc2C)cc(I)c1OCc1ccc(Cl)cc1Cl. The Morgan fingerprint density at radius 3 is 2.57 bits per heavy atom. The number of carbonyl (C=O) groups excluding carboxylic acids is 2. The zero-order valence-electron chi connectivity index (χ0n) is 18.9. The molecule has 182 valence electrons. The molecule has 0 spiro atoms. The molecule has 3 rings (SSSR count). The fourth-order valence-corrected chi connectivity index (χ4v) is 4.26. The maximum atomic E-state index is 12.1. The van der Waals surface area contributed by atoms with Gasteiger partial charge in [0.15, 0.2) is 11.5 Å². The maximum Gasteiger partial charge on any atom is 0.249 e. The number of halogens is 3. The van der Waals surface area contributed by atoms with Crippen molar-refractivity contribution < 1.29 is 19.1 Å². The van der Waals surface area contributed by atoms with Crippen LogP contribution in [0.4, 0.5) is 5.69 Å². The van der Waals surface area contributed by atoms with Crippen molar-refractivity contribution in [3.8, 4) is 11.5 Å². The number of hydrogen-bond donors (Lipinski definition) is 2. The Balaban J connectivity index is 1.59. The highest BCUT2D eigenvalue weighted by Gasteiger charge is 2.13. The lowest BCUT2D eigenvalue weighted by Crippen LogP contribution is -2.24. The first-order valence-corrected chi connectivity index (χ1v) is 12.2. The molecule has 0 saturated heterocycles. The van der Waals surface area contributed by atoms with Gasteiger partial charge >= 0.3 is 0 Å². The van der Waals surface area contributed by atoms with Crippen LogP contribution in [0.5, 0.6) is 11.5 Å². The average molecular weight is 626 g/mol. The summed E-state index contributed by atoms with van der Waals surface area (Å²) in [6.45, 7) is 2.11. The van der Waals surface area contributed by atoms with E-state index in [0.717, 1.165) is 14.7 Å². The van der Waals surface area contributed by atoms with Crippen molar-refractivity contribution in [2.75, 3.05) is 12.4 Å². The third kappa shape index (κ3) is 7.84. The standard InChI is InChI=1S/C25H22Cl2IN3O4/c1-15-5-3-4-6-21(15)30-23(32)12-24(33)31-29-13-16-9-20(28)25(22(10-16)34-2)35-14-17-7-8-18(26)11-19(17)27/h3-11,13H,12,14H2,1-2H3,(H,30,32)(H,31,33). The fraction of sp³-hybridized carbons (Fsp3) is 0.160. The molecule has 0 atom stereocenters. The Labute approximate surface area is 226 Å². The van der Waals surface area contributed by atoms with Crippen molar-refractivity contribution in [3.63, 3.8) is 0 Å². The van der Waals surface area contributed by atoms with Gasteiger partial charge in [-0.15, -0.1) is 0 Å². The van der Waals surface area contributed by atoms with Crippen LogP contribution in [0.15, 0.2) is 59.7 Å². The van der Waals surface area contributed by atoms with Gasteiger partial charge in [0.25, 0.3) is 0 Å². The average Bonchev–Trinajstić information content (AvgIpc) is 2.80. The van der Waals surface area contributed by atoms with Gasteiger partial charge in [-0.05, 0) is 71.0 Å². The minimum atomic E-state index is -0.534. The molecule has 3 aromatic rings. The Morgan fingerprint density at radius 2 is 1.86 bits per heavy atom. The van der Waals surface area contributed by atoms with E-state index in [2.05, 4.69) is 38.4 Å². The first-order valence-electron chi connectivity index (χ1n) is 10.4. The smallest absolute Gasteiger partial charge is 0.249 e. The second-order valence-electron chi connectivity index (χ2n) is 7.39. The summed E-state index contributed by atoms with van der Waals surface area (Å²) in [6, 6.07) is 16.1. The van der Waals surface area contributed by atoms with Crippen LogP contribution in [0.3, 0.4) is 0 Å². The van der Waals surface area contributed by atoms with E-state index in [4.69, 9.17) is 32.7 Å². The van der Waals surface area contributed by atoms with Crippen LogP contribution in [0.25, 0.3) is 0 Å². The Hall–Kier alpha value is -2.82. The lowest BCUT2D eigenvalue weighted by molar-refractivity contribution is -0.126. The molecule has 0 aliphatic heterocycles. The molecule has 0 radical (unpaired) electrons. The van der Waals surface area contributed by atoms with Gasteiger partial charge in [0.1, 0.15) is 13.0 Å². The third-order valence-corrected chi connectivity index (χ3v) is 6.17. The number of nitrogens with one attached hydrogen (secondary N) is 2. The molecular formula is C25H22Cl2IN3O4. The molecule has 0 heterocycles. The van der Waals surface area contributed by atoms with Crippen LogP contribution in [0, 0.1) is 10.5 Å². The van der Waals surface area contributed by atoms with Crippen LogP contribution in [0.1, 0.15) is 23.1 Å². The monoisotopic (exact) mass is 625 g/mol. The topological polar surface area (TPSA) is 89.0 Å². The highest BCUT2D eigenvalue weighted by atomic mass is 127. The number of para-hydroxylation sites is 1. The van der Waals surface area contributed by atoms with Gasteiger partial charge in [-0.1, -0.05) is 47.5 Å². The Bertz CT molecular complexity index is 1270. The number of amides is 2. The number of benzene rings is 3. The van der Waals surface area contributed by atoms with Crippen molar-refractivity contribution in [2.45, 2.75) is 20.0 Å². The first kappa shape index (κ1) is 26.8. The second kappa shape index (κ2) is 12.8. The molecule has 0 aliphatic rings. The normalized spacial score (nSPS) is 10.8. The largest absolute Gasteiger partial charge is 0.493 e. The number of aryl methyl sites for hydroxylation is 1. The molecule has 0 fully saturated rings. The predicted octanol–water partition coefficient (Wildman–Crippen LogP) is 5.97. The van der Waals surface area contributed by atoms with Gasteiger partial charge in [0, 0.05) is 21.3 Å². The lowest BCUT2D eigenvalue weighted by atomic mass is 10.2. The zero-order valence-corrected chi connectivity index (χ0v) is 22.6. The van der Waals surface area contributed by atoms with Crippen LogP contribution in [-0.2, 0) is 16.2 Å². The summed E-state index contributed by atoms with van der Waals surface area (Å²) in [6.07, 6.45) is 1.11. The van der Waals surface area contributed by atoms with E-state index >= 15 is 0 Å². The van der Waals surface area contributed by atoms with E-state index < -0.39 is 11.8 Å². The number of carbonyl (C=O) groups is 2. The Morgan fingerprint density at radius 1 is 1.09 bits per heavy atom. The molecule has 2 N–H and O–H groups in total. The molecule has 35 heavy (non-hydrogen) atoms. The molecule has 0 aromatic heterocycles. The molecule has 0 bridgehead atoms. The van der Waals surface area contributed by atoms with Gasteiger partial charge in [-0.3, -0.25) is 9.59 Å². The van der Waals surface area contributed by atoms with Crippen molar-refractivity contribution in [1.29, 1.82) is 0 Å². The number of hydrogen-bond acceptors (Lipinski definition) is 5. The van der Waals surface area contributed by atoms with Gasteiger partial charge in [-0.25, -0.2) is 5.43 Å². The fourth-order valence-electron chi connectivity index (χ4n) is 3.01. The van der Waals surface area contributed by atoms with Crippen LogP contribution in [-0.4, -0.2) is 25.1 Å². The Kier molecular flexibility index (Phi) is 9.76. The van der Waals surface area contributed by atoms with Gasteiger partial charge in [-0.2, -0.15) is 5.10 Å². The molecule has 0 unspecified atom stereocenters. The van der Waals surface area contributed by atoms with E-state index in [1.807, 2.05) is 31.2 Å².